The Kier molecular flexibility index (Phi) is 3.23. The molecule has 1 aromatic carbocycles. The molecule has 0 aliphatic carbocycles. The van der Waals surface area contributed by atoms with E-state index in [4.69, 9.17) is 0 Å². The first-order chi connectivity index (χ1) is 5.90. The number of hydrogen-bond donors (Lipinski definition) is 0. The molecular formula is C7H2Br2F3O. The molecule has 0 heterocycles. The van der Waals surface area contributed by atoms with Crippen molar-refractivity contribution < 1.29 is 17.9 Å². The lowest BCUT2D eigenvalue weighted by Crippen LogP contribution is -2.17. The monoisotopic (exact) mass is 317 g/mol. The van der Waals surface area contributed by atoms with Crippen molar-refractivity contribution in [1.29, 1.82) is 0 Å². The summed E-state index contributed by atoms with van der Waals surface area (Å²) in [4.78, 5) is 0. The van der Waals surface area contributed by atoms with Crippen LogP contribution in [0.25, 0.3) is 0 Å². The number of hydrogen-bond acceptors (Lipinski definition) is 1. The fourth-order valence-electron chi connectivity index (χ4n) is 0.646. The third-order valence-corrected chi connectivity index (χ3v) is 2.25. The molecule has 0 fully saturated rings. The molecule has 0 aliphatic rings. The van der Waals surface area contributed by atoms with E-state index < -0.39 is 6.36 Å². The molecule has 13 heavy (non-hydrogen) atoms. The van der Waals surface area contributed by atoms with Crippen LogP contribution in [0.15, 0.2) is 21.1 Å². The molecule has 0 saturated carbocycles. The summed E-state index contributed by atoms with van der Waals surface area (Å²) in [5, 5.41) is 0. The van der Waals surface area contributed by atoms with Gasteiger partial charge >= 0.3 is 6.36 Å². The highest BCUT2D eigenvalue weighted by atomic mass is 79.9. The van der Waals surface area contributed by atoms with E-state index in [0.29, 0.717) is 0 Å². The summed E-state index contributed by atoms with van der Waals surface area (Å²) in [6.07, 6.45) is -4.69. The first kappa shape index (κ1) is 10.8. The highest BCUT2D eigenvalue weighted by Gasteiger charge is 2.32. The standard InChI is InChI=1S/C7H2Br2F3O/c8-4-2-1-3-5(9)6(4)13-7(10,11)12/h2-3H. The minimum atomic E-state index is -4.69. The molecule has 1 nitrogen and oxygen atoms in total. The molecule has 0 amide bonds. The maximum Gasteiger partial charge on any atom is 0.573 e. The van der Waals surface area contributed by atoms with Gasteiger partial charge in [0.25, 0.3) is 0 Å². The van der Waals surface area contributed by atoms with Crippen LogP contribution in [0.2, 0.25) is 0 Å². The lowest BCUT2D eigenvalue weighted by Gasteiger charge is -2.11. The molecular weight excluding hydrogens is 317 g/mol. The minimum Gasteiger partial charge on any atom is -0.403 e. The van der Waals surface area contributed by atoms with Crippen LogP contribution in [-0.4, -0.2) is 6.36 Å². The Morgan fingerprint density at radius 2 is 1.62 bits per heavy atom. The molecule has 0 unspecified atom stereocenters. The van der Waals surface area contributed by atoms with Crippen molar-refractivity contribution in [2.24, 2.45) is 0 Å². The van der Waals surface area contributed by atoms with E-state index in [9.17, 15) is 13.2 Å². The third-order valence-electron chi connectivity index (χ3n) is 1.07. The minimum absolute atomic E-state index is 0.194. The van der Waals surface area contributed by atoms with Crippen LogP contribution in [0.1, 0.15) is 0 Å². The Hall–Kier alpha value is -0.230. The van der Waals surface area contributed by atoms with Crippen LogP contribution in [0.5, 0.6) is 5.75 Å². The van der Waals surface area contributed by atoms with Crippen LogP contribution in [0.4, 0.5) is 13.2 Å². The first-order valence-electron chi connectivity index (χ1n) is 3.01. The van der Waals surface area contributed by atoms with Crippen molar-refractivity contribution in [3.63, 3.8) is 0 Å². The Labute approximate surface area is 89.1 Å². The van der Waals surface area contributed by atoms with E-state index >= 15 is 0 Å². The molecule has 71 valence electrons. The van der Waals surface area contributed by atoms with Crippen molar-refractivity contribution in [3.8, 4) is 5.75 Å². The summed E-state index contributed by atoms with van der Waals surface area (Å²) in [7, 11) is 0. The first-order valence-corrected chi connectivity index (χ1v) is 4.59. The van der Waals surface area contributed by atoms with Crippen LogP contribution >= 0.6 is 31.9 Å². The number of ether oxygens (including phenoxy) is 1. The fraction of sp³-hybridized carbons (Fsp3) is 0.143. The number of alkyl halides is 3. The van der Waals surface area contributed by atoms with E-state index in [0.717, 1.165) is 0 Å². The molecule has 0 atom stereocenters. The lowest BCUT2D eigenvalue weighted by atomic mass is 10.3. The van der Waals surface area contributed by atoms with Gasteiger partial charge < -0.3 is 4.74 Å². The molecule has 0 spiro atoms. The second kappa shape index (κ2) is 3.88. The lowest BCUT2D eigenvalue weighted by molar-refractivity contribution is -0.275. The van der Waals surface area contributed by atoms with Gasteiger partial charge in [-0.1, -0.05) is 0 Å². The SMILES string of the molecule is FC(F)(F)Oc1c(Br)c[c]cc1Br. The summed E-state index contributed by atoms with van der Waals surface area (Å²) in [5.41, 5.74) is 0. The van der Waals surface area contributed by atoms with Crippen molar-refractivity contribution >= 4 is 31.9 Å². The smallest absolute Gasteiger partial charge is 0.403 e. The molecule has 1 aromatic rings. The van der Waals surface area contributed by atoms with Gasteiger partial charge in [0.1, 0.15) is 0 Å². The van der Waals surface area contributed by atoms with Crippen molar-refractivity contribution in [2.75, 3.05) is 0 Å². The quantitative estimate of drug-likeness (QED) is 0.763. The van der Waals surface area contributed by atoms with E-state index in [-0.39, 0.29) is 14.7 Å². The number of benzene rings is 1. The number of rotatable bonds is 1. The van der Waals surface area contributed by atoms with Crippen LogP contribution in [0, 0.1) is 6.07 Å². The predicted molar refractivity (Wildman–Crippen MR) is 47.4 cm³/mol. The summed E-state index contributed by atoms with van der Waals surface area (Å²) >= 11 is 5.83. The van der Waals surface area contributed by atoms with Crippen molar-refractivity contribution in [1.82, 2.24) is 0 Å². The summed E-state index contributed by atoms with van der Waals surface area (Å²) < 4.78 is 39.6. The van der Waals surface area contributed by atoms with E-state index in [2.05, 4.69) is 42.7 Å². The molecule has 0 aliphatic heterocycles. The van der Waals surface area contributed by atoms with Gasteiger partial charge in [0, 0.05) is 0 Å². The largest absolute Gasteiger partial charge is 0.573 e. The summed E-state index contributed by atoms with van der Waals surface area (Å²) in [6.45, 7) is 0. The van der Waals surface area contributed by atoms with Gasteiger partial charge in [0.05, 0.1) is 8.95 Å². The zero-order valence-corrected chi connectivity index (χ0v) is 9.12. The van der Waals surface area contributed by atoms with E-state index in [1.54, 1.807) is 0 Å². The van der Waals surface area contributed by atoms with Gasteiger partial charge in [-0.2, -0.15) is 0 Å². The van der Waals surface area contributed by atoms with E-state index in [1.807, 2.05) is 0 Å². The van der Waals surface area contributed by atoms with Crippen molar-refractivity contribution in [3.05, 3.63) is 27.1 Å². The molecule has 0 N–H and O–H groups in total. The normalized spacial score (nSPS) is 11.5. The molecule has 0 aromatic heterocycles. The van der Waals surface area contributed by atoms with Crippen LogP contribution in [-0.2, 0) is 0 Å². The van der Waals surface area contributed by atoms with Gasteiger partial charge in [-0.15, -0.1) is 13.2 Å². The summed E-state index contributed by atoms with van der Waals surface area (Å²) in [5.74, 6) is -0.300. The second-order valence-corrected chi connectivity index (χ2v) is 3.74. The third kappa shape index (κ3) is 3.19. The maximum absolute atomic E-state index is 11.8. The highest BCUT2D eigenvalue weighted by molar-refractivity contribution is 9.11. The Morgan fingerprint density at radius 3 is 2.00 bits per heavy atom. The number of halogens is 5. The van der Waals surface area contributed by atoms with Crippen molar-refractivity contribution in [2.45, 2.75) is 6.36 Å². The van der Waals surface area contributed by atoms with Crippen LogP contribution in [0.3, 0.4) is 0 Å². The molecule has 6 heteroatoms. The Balaban J connectivity index is 3.00. The van der Waals surface area contributed by atoms with Gasteiger partial charge in [-0.05, 0) is 50.1 Å². The zero-order chi connectivity index (χ0) is 10.1. The second-order valence-electron chi connectivity index (χ2n) is 2.03. The van der Waals surface area contributed by atoms with Gasteiger partial charge in [0.2, 0.25) is 0 Å². The predicted octanol–water partition coefficient (Wildman–Crippen LogP) is 3.91. The van der Waals surface area contributed by atoms with E-state index in [1.165, 1.54) is 12.1 Å². The van der Waals surface area contributed by atoms with Gasteiger partial charge in [-0.3, -0.25) is 0 Å². The molecule has 0 saturated heterocycles. The average molecular weight is 319 g/mol. The fourth-order valence-corrected chi connectivity index (χ4v) is 1.77. The molecule has 0 bridgehead atoms. The van der Waals surface area contributed by atoms with Crippen LogP contribution < -0.4 is 4.74 Å². The topological polar surface area (TPSA) is 9.23 Å². The Morgan fingerprint density at radius 1 is 1.15 bits per heavy atom. The highest BCUT2D eigenvalue weighted by Crippen LogP contribution is 2.36. The van der Waals surface area contributed by atoms with Gasteiger partial charge in [-0.25, -0.2) is 0 Å². The molecule has 1 radical (unpaired) electrons. The maximum atomic E-state index is 11.8. The zero-order valence-electron chi connectivity index (χ0n) is 5.95. The van der Waals surface area contributed by atoms with Gasteiger partial charge in [0.15, 0.2) is 5.75 Å². The average Bonchev–Trinajstić information content (AvgIpc) is 1.95. The Bertz CT molecular complexity index is 291. The molecule has 1 rings (SSSR count). The summed E-state index contributed by atoms with van der Waals surface area (Å²) in [6, 6.07) is 5.29.